The van der Waals surface area contributed by atoms with Crippen molar-refractivity contribution in [1.82, 2.24) is 0 Å². The lowest BCUT2D eigenvalue weighted by Gasteiger charge is -1.93. The van der Waals surface area contributed by atoms with E-state index in [0.29, 0.717) is 0 Å². The van der Waals surface area contributed by atoms with Gasteiger partial charge in [-0.15, -0.1) is 0 Å². The van der Waals surface area contributed by atoms with Crippen molar-refractivity contribution in [3.8, 4) is 0 Å². The fraction of sp³-hybridized carbons (Fsp3) is 0.0526. The maximum absolute atomic E-state index is 2.17. The summed E-state index contributed by atoms with van der Waals surface area (Å²) in [6.07, 6.45) is 12.4. The molecule has 94 valence electrons. The van der Waals surface area contributed by atoms with Crippen LogP contribution in [0.15, 0.2) is 78.9 Å². The van der Waals surface area contributed by atoms with Gasteiger partial charge in [0.2, 0.25) is 0 Å². The lowest BCUT2D eigenvalue weighted by atomic mass is 10.1. The third kappa shape index (κ3) is 4.81. The van der Waals surface area contributed by atoms with Gasteiger partial charge in [0.1, 0.15) is 0 Å². The molecule has 2 aromatic rings. The molecule has 0 spiro atoms. The van der Waals surface area contributed by atoms with E-state index in [1.54, 1.807) is 0 Å². The van der Waals surface area contributed by atoms with Gasteiger partial charge >= 0.3 is 0 Å². The van der Waals surface area contributed by atoms with Gasteiger partial charge in [0.05, 0.1) is 0 Å². The number of aryl methyl sites for hydroxylation is 1. The Morgan fingerprint density at radius 2 is 1.26 bits per heavy atom. The van der Waals surface area contributed by atoms with Crippen LogP contribution in [0.5, 0.6) is 0 Å². The largest absolute Gasteiger partial charge is 0.0622 e. The summed E-state index contributed by atoms with van der Waals surface area (Å²) in [5, 5.41) is 0. The average molecular weight is 246 g/mol. The molecule has 0 heteroatoms. The summed E-state index contributed by atoms with van der Waals surface area (Å²) >= 11 is 0. The van der Waals surface area contributed by atoms with Crippen molar-refractivity contribution in [3.05, 3.63) is 95.6 Å². The van der Waals surface area contributed by atoms with Crippen LogP contribution in [-0.2, 0) is 0 Å². The predicted molar refractivity (Wildman–Crippen MR) is 84.8 cm³/mol. The lowest BCUT2D eigenvalue weighted by Crippen LogP contribution is -1.73. The van der Waals surface area contributed by atoms with Crippen LogP contribution >= 0.6 is 0 Å². The molecule has 0 heterocycles. The molecule has 0 nitrogen and oxygen atoms in total. The first kappa shape index (κ1) is 13.1. The Bertz CT molecular complexity index is 586. The van der Waals surface area contributed by atoms with Crippen LogP contribution in [0.3, 0.4) is 0 Å². The van der Waals surface area contributed by atoms with Crippen molar-refractivity contribution < 1.29 is 0 Å². The average Bonchev–Trinajstić information content (AvgIpc) is 2.44. The van der Waals surface area contributed by atoms with Crippen molar-refractivity contribution in [3.63, 3.8) is 0 Å². The summed E-state index contributed by atoms with van der Waals surface area (Å²) in [5.74, 6) is 0. The normalized spacial score (nSPS) is 11.8. The van der Waals surface area contributed by atoms with E-state index in [0.717, 1.165) is 0 Å². The van der Waals surface area contributed by atoms with E-state index in [9.17, 15) is 0 Å². The topological polar surface area (TPSA) is 0 Å². The molecule has 0 aliphatic heterocycles. The van der Waals surface area contributed by atoms with E-state index in [4.69, 9.17) is 0 Å². The number of rotatable bonds is 4. The van der Waals surface area contributed by atoms with Crippen molar-refractivity contribution in [2.24, 2.45) is 0 Å². The summed E-state index contributed by atoms with van der Waals surface area (Å²) in [7, 11) is 0. The Labute approximate surface area is 115 Å². The van der Waals surface area contributed by atoms with Gasteiger partial charge in [-0.25, -0.2) is 0 Å². The van der Waals surface area contributed by atoms with Crippen LogP contribution in [0.4, 0.5) is 0 Å². The number of hydrogen-bond donors (Lipinski definition) is 0. The quantitative estimate of drug-likeness (QED) is 0.644. The smallest absolute Gasteiger partial charge is 0.0254 e. The number of allylic oxidation sites excluding steroid dienone is 4. The van der Waals surface area contributed by atoms with E-state index in [2.05, 4.69) is 67.6 Å². The molecule has 0 aromatic heterocycles. The highest BCUT2D eigenvalue weighted by Crippen LogP contribution is 2.06. The lowest BCUT2D eigenvalue weighted by molar-refractivity contribution is 1.46. The SMILES string of the molecule is Cc1cccc(/C=C/C=C/C=C/c2ccccc2)c1. The number of benzene rings is 2. The zero-order valence-electron chi connectivity index (χ0n) is 11.2. The zero-order chi connectivity index (χ0) is 13.3. The second-order valence-electron chi connectivity index (χ2n) is 4.43. The molecule has 0 N–H and O–H groups in total. The molecule has 0 radical (unpaired) electrons. The van der Waals surface area contributed by atoms with Crippen molar-refractivity contribution >= 4 is 12.2 Å². The zero-order valence-corrected chi connectivity index (χ0v) is 11.2. The van der Waals surface area contributed by atoms with E-state index in [1.807, 2.05) is 30.4 Å². The third-order valence-electron chi connectivity index (χ3n) is 2.75. The van der Waals surface area contributed by atoms with Crippen LogP contribution < -0.4 is 0 Å². The fourth-order valence-corrected chi connectivity index (χ4v) is 1.80. The van der Waals surface area contributed by atoms with E-state index >= 15 is 0 Å². The molecule has 0 aliphatic carbocycles. The molecule has 0 saturated heterocycles. The standard InChI is InChI=1S/C19H18/c1-17-10-9-15-19(16-17)14-6-3-2-5-11-18-12-7-4-8-13-18/h2-16H,1H3/b3-2+,11-5+,14-6+. The summed E-state index contributed by atoms with van der Waals surface area (Å²) in [4.78, 5) is 0. The maximum atomic E-state index is 2.17. The Balaban J connectivity index is 1.89. The summed E-state index contributed by atoms with van der Waals surface area (Å²) in [5.41, 5.74) is 3.74. The minimum absolute atomic E-state index is 1.22. The van der Waals surface area contributed by atoms with Gasteiger partial charge in [0.15, 0.2) is 0 Å². The van der Waals surface area contributed by atoms with Gasteiger partial charge in [-0.2, -0.15) is 0 Å². The first-order valence-electron chi connectivity index (χ1n) is 6.48. The molecule has 2 rings (SSSR count). The molecule has 19 heavy (non-hydrogen) atoms. The van der Waals surface area contributed by atoms with Gasteiger partial charge in [-0.05, 0) is 18.1 Å². The maximum Gasteiger partial charge on any atom is -0.0254 e. The molecule has 0 saturated carbocycles. The summed E-state index contributed by atoms with van der Waals surface area (Å²) in [6.45, 7) is 2.11. The van der Waals surface area contributed by atoms with Crippen LogP contribution in [0.25, 0.3) is 12.2 Å². The Morgan fingerprint density at radius 3 is 1.95 bits per heavy atom. The van der Waals surface area contributed by atoms with Gasteiger partial charge in [0.25, 0.3) is 0 Å². The Morgan fingerprint density at radius 1 is 0.632 bits per heavy atom. The van der Waals surface area contributed by atoms with Crippen LogP contribution in [-0.4, -0.2) is 0 Å². The predicted octanol–water partition coefficient (Wildman–Crippen LogP) is 5.28. The van der Waals surface area contributed by atoms with Gasteiger partial charge in [-0.1, -0.05) is 96.6 Å². The van der Waals surface area contributed by atoms with Gasteiger partial charge < -0.3 is 0 Å². The van der Waals surface area contributed by atoms with Crippen LogP contribution in [0.2, 0.25) is 0 Å². The molecule has 0 atom stereocenters. The first-order chi connectivity index (χ1) is 9.34. The highest BCUT2D eigenvalue weighted by molar-refractivity contribution is 5.53. The monoisotopic (exact) mass is 246 g/mol. The molecule has 0 fully saturated rings. The Kier molecular flexibility index (Phi) is 4.95. The summed E-state index contributed by atoms with van der Waals surface area (Å²) < 4.78 is 0. The molecule has 0 unspecified atom stereocenters. The third-order valence-corrected chi connectivity index (χ3v) is 2.75. The Hall–Kier alpha value is -2.34. The van der Waals surface area contributed by atoms with E-state index in [1.165, 1.54) is 16.7 Å². The van der Waals surface area contributed by atoms with E-state index in [-0.39, 0.29) is 0 Å². The number of hydrogen-bond acceptors (Lipinski definition) is 0. The van der Waals surface area contributed by atoms with Crippen molar-refractivity contribution in [2.75, 3.05) is 0 Å². The molecular formula is C19H18. The first-order valence-corrected chi connectivity index (χ1v) is 6.48. The van der Waals surface area contributed by atoms with Crippen molar-refractivity contribution in [2.45, 2.75) is 6.92 Å². The highest BCUT2D eigenvalue weighted by atomic mass is 13.9. The minimum atomic E-state index is 1.22. The minimum Gasteiger partial charge on any atom is -0.0622 e. The van der Waals surface area contributed by atoms with Gasteiger partial charge in [-0.3, -0.25) is 0 Å². The van der Waals surface area contributed by atoms with Crippen molar-refractivity contribution in [1.29, 1.82) is 0 Å². The second kappa shape index (κ2) is 7.17. The molecular weight excluding hydrogens is 228 g/mol. The molecule has 2 aromatic carbocycles. The molecule has 0 aliphatic rings. The molecule has 0 bridgehead atoms. The molecule has 0 amide bonds. The van der Waals surface area contributed by atoms with Gasteiger partial charge in [0, 0.05) is 0 Å². The fourth-order valence-electron chi connectivity index (χ4n) is 1.80. The second-order valence-corrected chi connectivity index (χ2v) is 4.43. The van der Waals surface area contributed by atoms with E-state index < -0.39 is 0 Å². The van der Waals surface area contributed by atoms with Crippen LogP contribution in [0.1, 0.15) is 16.7 Å². The summed E-state index contributed by atoms with van der Waals surface area (Å²) in [6, 6.07) is 18.8. The van der Waals surface area contributed by atoms with Crippen LogP contribution in [0, 0.1) is 6.92 Å². The highest BCUT2D eigenvalue weighted by Gasteiger charge is 1.85.